The van der Waals surface area contributed by atoms with Gasteiger partial charge in [0.05, 0.1) is 0 Å². The Hall–Kier alpha value is -4.19. The number of carbonyl (C=O) groups is 3. The first-order chi connectivity index (χ1) is 30.5. The van der Waals surface area contributed by atoms with E-state index in [9.17, 15) is 14.4 Å². The van der Waals surface area contributed by atoms with Crippen molar-refractivity contribution >= 4 is 17.9 Å². The van der Waals surface area contributed by atoms with Gasteiger partial charge < -0.3 is 14.2 Å². The first kappa shape index (κ1) is 57.8. The summed E-state index contributed by atoms with van der Waals surface area (Å²) in [5.41, 5.74) is 0. The summed E-state index contributed by atoms with van der Waals surface area (Å²) in [5, 5.41) is 0. The van der Waals surface area contributed by atoms with Crippen LogP contribution in [0.3, 0.4) is 0 Å². The van der Waals surface area contributed by atoms with Gasteiger partial charge in [0.1, 0.15) is 13.2 Å². The molecule has 6 nitrogen and oxygen atoms in total. The molecule has 0 fully saturated rings. The van der Waals surface area contributed by atoms with Crippen molar-refractivity contribution in [3.8, 4) is 0 Å². The normalized spacial score (nSPS) is 13.1. The van der Waals surface area contributed by atoms with Gasteiger partial charge in [-0.05, 0) is 83.5 Å². The maximum Gasteiger partial charge on any atom is 0.306 e. The third-order valence-corrected chi connectivity index (χ3v) is 9.89. The van der Waals surface area contributed by atoms with Crippen LogP contribution in [-0.4, -0.2) is 37.2 Å². The van der Waals surface area contributed by atoms with Gasteiger partial charge in [-0.15, -0.1) is 0 Å². The Balaban J connectivity index is 4.57. The van der Waals surface area contributed by atoms with Gasteiger partial charge in [0, 0.05) is 19.3 Å². The average molecular weight is 857 g/mol. The van der Waals surface area contributed by atoms with Gasteiger partial charge in [0.15, 0.2) is 6.10 Å². The molecule has 0 amide bonds. The van der Waals surface area contributed by atoms with Crippen LogP contribution >= 0.6 is 0 Å². The number of allylic oxidation sites excluding steroid dienone is 20. The molecule has 1 atom stereocenters. The van der Waals surface area contributed by atoms with E-state index < -0.39 is 12.1 Å². The van der Waals surface area contributed by atoms with E-state index in [1.54, 1.807) is 0 Å². The molecular formula is C56H88O6. The van der Waals surface area contributed by atoms with Crippen LogP contribution in [0.5, 0.6) is 0 Å². The van der Waals surface area contributed by atoms with Crippen LogP contribution in [0.25, 0.3) is 0 Å². The summed E-state index contributed by atoms with van der Waals surface area (Å²) < 4.78 is 16.7. The van der Waals surface area contributed by atoms with E-state index in [0.717, 1.165) is 89.9 Å². The zero-order valence-corrected chi connectivity index (χ0v) is 39.6. The Morgan fingerprint density at radius 1 is 0.339 bits per heavy atom. The van der Waals surface area contributed by atoms with E-state index in [4.69, 9.17) is 14.2 Å². The number of hydrogen-bond donors (Lipinski definition) is 0. The summed E-state index contributed by atoms with van der Waals surface area (Å²) in [4.78, 5) is 37.9. The molecule has 1 unspecified atom stereocenters. The number of unbranched alkanes of at least 4 members (excludes halogenated alkanes) is 18. The molecule has 0 aromatic heterocycles. The zero-order chi connectivity index (χ0) is 45.1. The zero-order valence-electron chi connectivity index (χ0n) is 39.6. The van der Waals surface area contributed by atoms with Gasteiger partial charge in [0.2, 0.25) is 0 Å². The SMILES string of the molecule is CC/C=C/C=C/C=C/C=C/C=C/CCCC(=O)OC(COC(=O)CCCCC/C=C/CCCCCCCC)COC(=O)CCCCCCC/C=C/C=C/C=C/C=C/CCCCC. The molecule has 0 saturated carbocycles. The Bertz CT molecular complexity index is 1350. The Morgan fingerprint density at radius 2 is 0.661 bits per heavy atom. The molecule has 0 spiro atoms. The number of ether oxygens (including phenoxy) is 3. The molecule has 0 radical (unpaired) electrons. The standard InChI is InChI=1S/C56H88O6/c1-4-7-10-13-16-19-22-25-26-27-28-29-32-34-37-40-43-46-49-55(58)61-52-53(62-56(59)50-47-44-41-38-35-31-24-21-18-15-12-9-6-3)51-60-54(57)48-45-42-39-36-33-30-23-20-17-14-11-8-5-2/h9,12,15-16,18-19,21-22,24-31,33,35,38,41,53H,4-8,10-11,13-14,17,20,23,32,34,36-37,39-40,42-52H2,1-3H3/b12-9+,18-15+,19-16+,24-21+,25-22+,27-26+,29-28+,33-30+,35-31+,41-38+. The summed E-state index contributed by atoms with van der Waals surface area (Å²) in [6, 6.07) is 0. The Morgan fingerprint density at radius 3 is 1.13 bits per heavy atom. The van der Waals surface area contributed by atoms with Crippen molar-refractivity contribution < 1.29 is 28.6 Å². The molecule has 0 N–H and O–H groups in total. The fraction of sp³-hybridized carbons (Fsp3) is 0.589. The fourth-order valence-electron chi connectivity index (χ4n) is 6.18. The molecule has 348 valence electrons. The smallest absolute Gasteiger partial charge is 0.306 e. The van der Waals surface area contributed by atoms with Gasteiger partial charge in [-0.25, -0.2) is 0 Å². The number of rotatable bonds is 42. The Kier molecular flexibility index (Phi) is 46.1. The highest BCUT2D eigenvalue weighted by Gasteiger charge is 2.19. The second-order valence-corrected chi connectivity index (χ2v) is 15.8. The van der Waals surface area contributed by atoms with Gasteiger partial charge >= 0.3 is 17.9 Å². The predicted octanol–water partition coefficient (Wildman–Crippen LogP) is 16.1. The molecule has 0 rings (SSSR count). The first-order valence-electron chi connectivity index (χ1n) is 24.7. The highest BCUT2D eigenvalue weighted by atomic mass is 16.6. The summed E-state index contributed by atoms with van der Waals surface area (Å²) in [7, 11) is 0. The molecule has 0 aromatic carbocycles. The molecule has 0 aliphatic carbocycles. The lowest BCUT2D eigenvalue weighted by Gasteiger charge is -2.18. The van der Waals surface area contributed by atoms with Gasteiger partial charge in [-0.1, -0.05) is 213 Å². The third kappa shape index (κ3) is 46.9. The third-order valence-electron chi connectivity index (χ3n) is 9.89. The minimum atomic E-state index is -0.833. The second-order valence-electron chi connectivity index (χ2n) is 15.8. The Labute approximate surface area is 380 Å². The van der Waals surface area contributed by atoms with Gasteiger partial charge in [-0.3, -0.25) is 14.4 Å². The lowest BCUT2D eigenvalue weighted by molar-refractivity contribution is -0.167. The van der Waals surface area contributed by atoms with Gasteiger partial charge in [0.25, 0.3) is 0 Å². The van der Waals surface area contributed by atoms with Crippen molar-refractivity contribution in [1.82, 2.24) is 0 Å². The van der Waals surface area contributed by atoms with E-state index in [-0.39, 0.29) is 31.6 Å². The maximum absolute atomic E-state index is 12.7. The monoisotopic (exact) mass is 857 g/mol. The molecule has 0 aromatic rings. The highest BCUT2D eigenvalue weighted by molar-refractivity contribution is 5.71. The van der Waals surface area contributed by atoms with Crippen LogP contribution in [0, 0.1) is 0 Å². The molecule has 0 saturated heterocycles. The lowest BCUT2D eigenvalue weighted by Crippen LogP contribution is -2.30. The quantitative estimate of drug-likeness (QED) is 0.0200. The molecule has 6 heteroatoms. The van der Waals surface area contributed by atoms with E-state index in [1.807, 2.05) is 54.7 Å². The van der Waals surface area contributed by atoms with Crippen molar-refractivity contribution in [1.29, 1.82) is 0 Å². The largest absolute Gasteiger partial charge is 0.462 e. The van der Waals surface area contributed by atoms with Crippen molar-refractivity contribution in [3.63, 3.8) is 0 Å². The van der Waals surface area contributed by atoms with Crippen LogP contribution < -0.4 is 0 Å². The van der Waals surface area contributed by atoms with E-state index in [0.29, 0.717) is 19.3 Å². The second kappa shape index (κ2) is 49.5. The van der Waals surface area contributed by atoms with Crippen molar-refractivity contribution in [3.05, 3.63) is 122 Å². The predicted molar refractivity (Wildman–Crippen MR) is 265 cm³/mol. The van der Waals surface area contributed by atoms with Gasteiger partial charge in [-0.2, -0.15) is 0 Å². The van der Waals surface area contributed by atoms with Crippen molar-refractivity contribution in [2.24, 2.45) is 0 Å². The number of carbonyl (C=O) groups excluding carboxylic acids is 3. The molecule has 0 heterocycles. The molecule has 0 aliphatic rings. The van der Waals surface area contributed by atoms with Crippen LogP contribution in [0.4, 0.5) is 0 Å². The topological polar surface area (TPSA) is 78.9 Å². The summed E-state index contributed by atoms with van der Waals surface area (Å²) in [5.74, 6) is -1.05. The van der Waals surface area contributed by atoms with Crippen LogP contribution in [0.15, 0.2) is 122 Å². The van der Waals surface area contributed by atoms with E-state index >= 15 is 0 Å². The van der Waals surface area contributed by atoms with Crippen LogP contribution in [0.1, 0.15) is 194 Å². The summed E-state index contributed by atoms with van der Waals surface area (Å²) in [6.07, 6.45) is 67.5. The van der Waals surface area contributed by atoms with Crippen LogP contribution in [0.2, 0.25) is 0 Å². The van der Waals surface area contributed by atoms with E-state index in [2.05, 4.69) is 87.6 Å². The number of hydrogen-bond acceptors (Lipinski definition) is 6. The summed E-state index contributed by atoms with van der Waals surface area (Å²) >= 11 is 0. The van der Waals surface area contributed by atoms with Crippen molar-refractivity contribution in [2.45, 2.75) is 200 Å². The number of esters is 3. The highest BCUT2D eigenvalue weighted by Crippen LogP contribution is 2.12. The minimum absolute atomic E-state index is 0.126. The first-order valence-corrected chi connectivity index (χ1v) is 24.7. The fourth-order valence-corrected chi connectivity index (χ4v) is 6.18. The minimum Gasteiger partial charge on any atom is -0.462 e. The van der Waals surface area contributed by atoms with Crippen molar-refractivity contribution in [2.75, 3.05) is 13.2 Å². The maximum atomic E-state index is 12.7. The van der Waals surface area contributed by atoms with E-state index in [1.165, 1.54) is 57.8 Å². The lowest BCUT2D eigenvalue weighted by atomic mass is 10.1. The molecular weight excluding hydrogens is 769 g/mol. The average Bonchev–Trinajstić information content (AvgIpc) is 3.27. The summed E-state index contributed by atoms with van der Waals surface area (Å²) in [6.45, 7) is 6.32. The molecule has 0 aliphatic heterocycles. The molecule has 62 heavy (non-hydrogen) atoms. The molecule has 0 bridgehead atoms. The van der Waals surface area contributed by atoms with Crippen LogP contribution in [-0.2, 0) is 28.6 Å².